The van der Waals surface area contributed by atoms with E-state index in [2.05, 4.69) is 5.32 Å². The number of amidine groups is 2. The van der Waals surface area contributed by atoms with E-state index in [1.54, 1.807) is 42.2 Å². The number of hydrogen-bond acceptors (Lipinski definition) is 5. The van der Waals surface area contributed by atoms with Crippen LogP contribution in [0, 0.1) is 10.8 Å². The Morgan fingerprint density at radius 3 is 2.43 bits per heavy atom. The predicted molar refractivity (Wildman–Crippen MR) is 123 cm³/mol. The van der Waals surface area contributed by atoms with Crippen LogP contribution in [0.15, 0.2) is 47.5 Å². The van der Waals surface area contributed by atoms with Crippen LogP contribution in [-0.2, 0) is 4.79 Å². The maximum Gasteiger partial charge on any atom is 0.207 e. The molecule has 8 heteroatoms. The van der Waals surface area contributed by atoms with Gasteiger partial charge >= 0.3 is 0 Å². The lowest BCUT2D eigenvalue weighted by molar-refractivity contribution is -0.109. The zero-order valence-electron chi connectivity index (χ0n) is 17.2. The molecule has 0 aromatic heterocycles. The Balaban J connectivity index is 0.000000575. The molecule has 1 amide bonds. The summed E-state index contributed by atoms with van der Waals surface area (Å²) in [5, 5.41) is 29.7. The molecule has 1 aliphatic rings. The monoisotopic (exact) mass is 427 g/mol. The lowest BCUT2D eigenvalue weighted by Gasteiger charge is -2.26. The van der Waals surface area contributed by atoms with Gasteiger partial charge in [0.2, 0.25) is 6.41 Å². The maximum absolute atomic E-state index is 10.0. The number of anilines is 1. The van der Waals surface area contributed by atoms with Gasteiger partial charge in [0.05, 0.1) is 11.4 Å². The van der Waals surface area contributed by atoms with Crippen molar-refractivity contribution in [3.8, 4) is 5.75 Å². The van der Waals surface area contributed by atoms with Crippen LogP contribution in [0.1, 0.15) is 38.3 Å². The number of nitrogens with one attached hydrogen (secondary N) is 3. The largest absolute Gasteiger partial charge is 0.508 e. The minimum absolute atomic E-state index is 0.115. The molecule has 2 aromatic carbocycles. The number of benzene rings is 2. The number of rotatable bonds is 4. The molecule has 0 aliphatic carbocycles. The maximum atomic E-state index is 10.0. The quantitative estimate of drug-likeness (QED) is 0.333. The molecule has 1 heterocycles. The minimum Gasteiger partial charge on any atom is -0.508 e. The first-order valence-electron chi connectivity index (χ1n) is 9.61. The zero-order valence-corrected chi connectivity index (χ0v) is 18.0. The summed E-state index contributed by atoms with van der Waals surface area (Å²) < 4.78 is 0. The van der Waals surface area contributed by atoms with Gasteiger partial charge in [0.15, 0.2) is 0 Å². The number of aliphatic imine (C=N–C) groups is 1. The predicted octanol–water partition coefficient (Wildman–Crippen LogP) is 4.21. The van der Waals surface area contributed by atoms with E-state index < -0.39 is 0 Å². The molecule has 4 N–H and O–H groups in total. The smallest absolute Gasteiger partial charge is 0.207 e. The topological polar surface area (TPSA) is 113 Å². The van der Waals surface area contributed by atoms with Gasteiger partial charge in [0, 0.05) is 22.7 Å². The normalized spacial score (nSPS) is 15.2. The van der Waals surface area contributed by atoms with Crippen LogP contribution in [0.3, 0.4) is 0 Å². The van der Waals surface area contributed by atoms with Crippen LogP contribution < -0.4 is 10.2 Å². The molecule has 0 saturated heterocycles. The van der Waals surface area contributed by atoms with Gasteiger partial charge in [-0.15, -0.1) is 0 Å². The molecular weight excluding hydrogens is 402 g/mol. The first-order valence-corrected chi connectivity index (χ1v) is 9.99. The highest BCUT2D eigenvalue weighted by molar-refractivity contribution is 6.31. The highest BCUT2D eigenvalue weighted by Gasteiger charge is 2.29. The fourth-order valence-electron chi connectivity index (χ4n) is 3.04. The summed E-state index contributed by atoms with van der Waals surface area (Å²) in [6, 6.07) is 11.9. The van der Waals surface area contributed by atoms with Gasteiger partial charge in [0.1, 0.15) is 23.5 Å². The van der Waals surface area contributed by atoms with E-state index in [4.69, 9.17) is 27.4 Å². The molecule has 1 atom stereocenters. The third kappa shape index (κ3) is 5.24. The summed E-state index contributed by atoms with van der Waals surface area (Å²) in [7, 11) is 0. The molecule has 0 radical (unpaired) electrons. The van der Waals surface area contributed by atoms with Crippen LogP contribution in [0.25, 0.3) is 0 Å². The number of fused-ring (bicyclic) bond motifs is 1. The van der Waals surface area contributed by atoms with Gasteiger partial charge in [-0.05, 0) is 50.6 Å². The van der Waals surface area contributed by atoms with Crippen molar-refractivity contribution >= 4 is 41.1 Å². The first kappa shape index (κ1) is 23.1. The van der Waals surface area contributed by atoms with Crippen LogP contribution >= 0.6 is 11.6 Å². The van der Waals surface area contributed by atoms with Crippen molar-refractivity contribution in [2.45, 2.75) is 33.2 Å². The van der Waals surface area contributed by atoms with E-state index in [0.717, 1.165) is 12.1 Å². The number of amides is 1. The average Bonchev–Trinajstić information content (AvgIpc) is 2.83. The molecule has 2 aromatic rings. The van der Waals surface area contributed by atoms with E-state index in [1.807, 2.05) is 26.0 Å². The number of benzodiazepines with no additional fused rings is 1. The third-order valence-corrected chi connectivity index (χ3v) is 4.70. The molecule has 0 unspecified atom stereocenters. The average molecular weight is 428 g/mol. The van der Waals surface area contributed by atoms with Crippen molar-refractivity contribution in [1.29, 1.82) is 10.8 Å². The van der Waals surface area contributed by atoms with Crippen LogP contribution in [0.4, 0.5) is 5.69 Å². The van der Waals surface area contributed by atoms with Gasteiger partial charge < -0.3 is 10.4 Å². The molecule has 0 fully saturated rings. The van der Waals surface area contributed by atoms with Gasteiger partial charge in [-0.1, -0.05) is 30.7 Å². The number of halogens is 1. The van der Waals surface area contributed by atoms with E-state index in [-0.39, 0.29) is 23.5 Å². The number of phenolic OH excluding ortho intramolecular Hbond substituents is 1. The Labute approximate surface area is 181 Å². The second-order valence-corrected chi connectivity index (χ2v) is 7.03. The number of aromatic hydroxyl groups is 1. The molecular formula is C22H26ClN5O2. The van der Waals surface area contributed by atoms with Crippen LogP contribution in [-0.4, -0.2) is 41.5 Å². The molecule has 0 bridgehead atoms. The number of carbonyl (C=O) groups is 1. The van der Waals surface area contributed by atoms with Crippen LogP contribution in [0.2, 0.25) is 5.02 Å². The summed E-state index contributed by atoms with van der Waals surface area (Å²) in [6.07, 6.45) is 1.32. The van der Waals surface area contributed by atoms with E-state index in [0.29, 0.717) is 34.8 Å². The molecule has 158 valence electrons. The fourth-order valence-corrected chi connectivity index (χ4v) is 3.17. The Morgan fingerprint density at radius 2 is 1.93 bits per heavy atom. The fraction of sp³-hybridized carbons (Fsp3) is 0.273. The number of hydrogen-bond donors (Lipinski definition) is 4. The summed E-state index contributed by atoms with van der Waals surface area (Å²) in [5.74, 6) is 0.610. The van der Waals surface area contributed by atoms with Crippen molar-refractivity contribution in [2.24, 2.45) is 4.99 Å². The van der Waals surface area contributed by atoms with Gasteiger partial charge in [-0.3, -0.25) is 25.5 Å². The van der Waals surface area contributed by atoms with Gasteiger partial charge in [-0.2, -0.15) is 0 Å². The van der Waals surface area contributed by atoms with Crippen LogP contribution in [0.5, 0.6) is 5.75 Å². The molecule has 3 rings (SSSR count). The van der Waals surface area contributed by atoms with E-state index in [1.165, 1.54) is 0 Å². The second-order valence-electron chi connectivity index (χ2n) is 6.59. The molecule has 0 spiro atoms. The highest BCUT2D eigenvalue weighted by Crippen LogP contribution is 2.32. The van der Waals surface area contributed by atoms with E-state index in [9.17, 15) is 9.90 Å². The lowest BCUT2D eigenvalue weighted by Crippen LogP contribution is -2.40. The SMILES string of the molecule is CCNC=O.CC[C@@H]1N=C(c2ccc(Cl)cc2)c2cc(O)ccc2N(C(C)=N)C1=N. The van der Waals surface area contributed by atoms with Gasteiger partial charge in [-0.25, -0.2) is 0 Å². The number of phenols is 1. The van der Waals surface area contributed by atoms with Crippen molar-refractivity contribution in [1.82, 2.24) is 5.32 Å². The standard InChI is InChI=1S/C19H19ClN4O.C3H7NO/c1-3-16-19(22)24(11(2)21)17-9-8-14(25)10-15(17)18(23-16)12-4-6-13(20)7-5-12;1-2-4-3-5/h4-10,16,21-22,25H,3H2,1-2H3;3H,2H2,1H3,(H,4,5)/t16-;/m0./s1. The van der Waals surface area contributed by atoms with Crippen molar-refractivity contribution in [2.75, 3.05) is 11.4 Å². The Kier molecular flexibility index (Phi) is 8.12. The Morgan fingerprint density at radius 1 is 1.27 bits per heavy atom. The van der Waals surface area contributed by atoms with E-state index >= 15 is 0 Å². The van der Waals surface area contributed by atoms with Crippen molar-refractivity contribution < 1.29 is 9.90 Å². The molecule has 30 heavy (non-hydrogen) atoms. The van der Waals surface area contributed by atoms with Crippen molar-refractivity contribution in [3.63, 3.8) is 0 Å². The summed E-state index contributed by atoms with van der Waals surface area (Å²) >= 11 is 6.00. The Hall–Kier alpha value is -3.19. The lowest BCUT2D eigenvalue weighted by atomic mass is 9.99. The summed E-state index contributed by atoms with van der Waals surface area (Å²) in [6.45, 7) is 6.20. The summed E-state index contributed by atoms with van der Waals surface area (Å²) in [4.78, 5) is 15.7. The first-order chi connectivity index (χ1) is 14.3. The van der Waals surface area contributed by atoms with Gasteiger partial charge in [0.25, 0.3) is 0 Å². The number of nitrogens with zero attached hydrogens (tertiary/aromatic N) is 2. The number of carbonyl (C=O) groups excluding carboxylic acids is 1. The molecule has 7 nitrogen and oxygen atoms in total. The summed E-state index contributed by atoms with van der Waals surface area (Å²) in [5.41, 5.74) is 2.89. The van der Waals surface area contributed by atoms with Crippen molar-refractivity contribution in [3.05, 3.63) is 58.6 Å². The molecule has 0 saturated carbocycles. The molecule has 1 aliphatic heterocycles. The zero-order chi connectivity index (χ0) is 22.3. The second kappa shape index (κ2) is 10.5. The highest BCUT2D eigenvalue weighted by atomic mass is 35.5. The Bertz CT molecular complexity index is 957. The minimum atomic E-state index is -0.375. The third-order valence-electron chi connectivity index (χ3n) is 4.44.